The minimum atomic E-state index is -0.577. The molecule has 6 nitrogen and oxygen atoms in total. The maximum atomic E-state index is 12.4. The van der Waals surface area contributed by atoms with Crippen LogP contribution in [-0.4, -0.2) is 42.9 Å². The van der Waals surface area contributed by atoms with Crippen molar-refractivity contribution in [3.05, 3.63) is 35.4 Å². The number of nitrogens with zero attached hydrogens (tertiary/aromatic N) is 1. The van der Waals surface area contributed by atoms with Gasteiger partial charge in [0.2, 0.25) is 5.91 Å². The smallest absolute Gasteiger partial charge is 0.310 e. The molecular formula is C15H18N2O4. The van der Waals surface area contributed by atoms with Gasteiger partial charge in [-0.25, -0.2) is 0 Å². The highest BCUT2D eigenvalue weighted by Gasteiger charge is 2.37. The zero-order valence-electron chi connectivity index (χ0n) is 12.0. The van der Waals surface area contributed by atoms with Crippen molar-refractivity contribution in [2.45, 2.75) is 6.92 Å². The van der Waals surface area contributed by atoms with E-state index >= 15 is 0 Å². The lowest BCUT2D eigenvalue weighted by atomic mass is 9.99. The maximum Gasteiger partial charge on any atom is 0.310 e. The highest BCUT2D eigenvalue weighted by atomic mass is 16.5. The molecule has 2 amide bonds. The topological polar surface area (TPSA) is 89.7 Å². The minimum absolute atomic E-state index is 0.0423. The average Bonchev–Trinajstić information content (AvgIpc) is 2.87. The van der Waals surface area contributed by atoms with Crippen molar-refractivity contribution in [1.82, 2.24) is 4.90 Å². The number of hydrogen-bond acceptors (Lipinski definition) is 4. The molecule has 2 unspecified atom stereocenters. The summed E-state index contributed by atoms with van der Waals surface area (Å²) < 4.78 is 4.75. The normalized spacial score (nSPS) is 21.1. The van der Waals surface area contributed by atoms with E-state index in [1.807, 2.05) is 6.92 Å². The molecule has 1 saturated heterocycles. The van der Waals surface area contributed by atoms with E-state index in [2.05, 4.69) is 0 Å². The quantitative estimate of drug-likeness (QED) is 0.828. The molecule has 1 fully saturated rings. The van der Waals surface area contributed by atoms with E-state index in [0.717, 1.165) is 0 Å². The van der Waals surface area contributed by atoms with Crippen molar-refractivity contribution in [3.63, 3.8) is 0 Å². The molecule has 1 aromatic carbocycles. The van der Waals surface area contributed by atoms with Gasteiger partial charge in [-0.3, -0.25) is 14.4 Å². The molecule has 0 saturated carbocycles. The van der Waals surface area contributed by atoms with E-state index in [1.54, 1.807) is 23.1 Å². The van der Waals surface area contributed by atoms with Crippen LogP contribution in [0.5, 0.6) is 0 Å². The number of ether oxygens (including phenoxy) is 1. The number of benzene rings is 1. The summed E-state index contributed by atoms with van der Waals surface area (Å²) in [6.07, 6.45) is 0. The first-order valence-corrected chi connectivity index (χ1v) is 6.71. The fourth-order valence-corrected chi connectivity index (χ4v) is 2.58. The number of likely N-dealkylation sites (tertiary alicyclic amines) is 1. The second kappa shape index (κ2) is 5.95. The number of rotatable bonds is 3. The number of nitrogens with two attached hydrogens (primary N) is 1. The van der Waals surface area contributed by atoms with Crippen LogP contribution < -0.4 is 5.73 Å². The number of primary amides is 1. The number of carbonyl (C=O) groups is 3. The summed E-state index contributed by atoms with van der Waals surface area (Å²) in [6, 6.07) is 6.28. The van der Waals surface area contributed by atoms with E-state index in [1.165, 1.54) is 13.2 Å². The highest BCUT2D eigenvalue weighted by Crippen LogP contribution is 2.25. The van der Waals surface area contributed by atoms with Gasteiger partial charge in [0.1, 0.15) is 0 Å². The van der Waals surface area contributed by atoms with Gasteiger partial charge < -0.3 is 15.4 Å². The van der Waals surface area contributed by atoms with E-state index in [-0.39, 0.29) is 29.3 Å². The second-order valence-corrected chi connectivity index (χ2v) is 5.26. The number of methoxy groups -OCH3 is 1. The Morgan fingerprint density at radius 3 is 2.52 bits per heavy atom. The summed E-state index contributed by atoms with van der Waals surface area (Å²) in [7, 11) is 1.34. The molecule has 112 valence electrons. The highest BCUT2D eigenvalue weighted by molar-refractivity contribution is 5.99. The summed E-state index contributed by atoms with van der Waals surface area (Å²) >= 11 is 0. The van der Waals surface area contributed by atoms with Crippen LogP contribution in [0.15, 0.2) is 24.3 Å². The average molecular weight is 290 g/mol. The lowest BCUT2D eigenvalue weighted by molar-refractivity contribution is -0.146. The molecule has 1 aliphatic heterocycles. The molecule has 0 aliphatic carbocycles. The first-order chi connectivity index (χ1) is 9.93. The molecule has 2 rings (SSSR count). The zero-order chi connectivity index (χ0) is 15.6. The minimum Gasteiger partial charge on any atom is -0.469 e. The molecule has 0 spiro atoms. The SMILES string of the molecule is COC(=O)C1CN(C(=O)c2cccc(C(N)=O)c2)CC1C. The summed E-state index contributed by atoms with van der Waals surface area (Å²) in [6.45, 7) is 2.72. The molecule has 0 bridgehead atoms. The first kappa shape index (κ1) is 15.0. The van der Waals surface area contributed by atoms with Gasteiger partial charge in [-0.15, -0.1) is 0 Å². The largest absolute Gasteiger partial charge is 0.469 e. The third kappa shape index (κ3) is 3.04. The Hall–Kier alpha value is -2.37. The van der Waals surface area contributed by atoms with Gasteiger partial charge in [-0.2, -0.15) is 0 Å². The molecule has 2 atom stereocenters. The van der Waals surface area contributed by atoms with Crippen LogP contribution in [0.25, 0.3) is 0 Å². The molecule has 21 heavy (non-hydrogen) atoms. The summed E-state index contributed by atoms with van der Waals surface area (Å²) in [5.41, 5.74) is 5.90. The number of amides is 2. The van der Waals surface area contributed by atoms with Gasteiger partial charge in [-0.1, -0.05) is 13.0 Å². The van der Waals surface area contributed by atoms with Crippen molar-refractivity contribution in [3.8, 4) is 0 Å². The fourth-order valence-electron chi connectivity index (χ4n) is 2.58. The Morgan fingerprint density at radius 1 is 1.24 bits per heavy atom. The van der Waals surface area contributed by atoms with Crippen LogP contribution in [0.4, 0.5) is 0 Å². The summed E-state index contributed by atoms with van der Waals surface area (Å²) in [4.78, 5) is 36.9. The van der Waals surface area contributed by atoms with Gasteiger partial charge in [0, 0.05) is 24.2 Å². The molecule has 1 heterocycles. The number of esters is 1. The van der Waals surface area contributed by atoms with E-state index in [9.17, 15) is 14.4 Å². The third-order valence-electron chi connectivity index (χ3n) is 3.80. The molecule has 1 aromatic rings. The zero-order valence-corrected chi connectivity index (χ0v) is 12.0. The van der Waals surface area contributed by atoms with Crippen molar-refractivity contribution in [2.24, 2.45) is 17.6 Å². The maximum absolute atomic E-state index is 12.4. The molecular weight excluding hydrogens is 272 g/mol. The van der Waals surface area contributed by atoms with Crippen molar-refractivity contribution < 1.29 is 19.1 Å². The fraction of sp³-hybridized carbons (Fsp3) is 0.400. The molecule has 6 heteroatoms. The standard InChI is InChI=1S/C15H18N2O4/c1-9-7-17(8-12(9)15(20)21-2)14(19)11-5-3-4-10(6-11)13(16)18/h3-6,9,12H,7-8H2,1-2H3,(H2,16,18). The molecule has 2 N–H and O–H groups in total. The van der Waals surface area contributed by atoms with Crippen LogP contribution in [-0.2, 0) is 9.53 Å². The predicted molar refractivity (Wildman–Crippen MR) is 75.5 cm³/mol. The Kier molecular flexibility index (Phi) is 4.26. The van der Waals surface area contributed by atoms with Gasteiger partial charge in [0.15, 0.2) is 0 Å². The van der Waals surface area contributed by atoms with Crippen LogP contribution in [0.3, 0.4) is 0 Å². The Balaban J connectivity index is 2.16. The van der Waals surface area contributed by atoms with Crippen molar-refractivity contribution in [2.75, 3.05) is 20.2 Å². The monoisotopic (exact) mass is 290 g/mol. The van der Waals surface area contributed by atoms with E-state index in [4.69, 9.17) is 10.5 Å². The van der Waals surface area contributed by atoms with Crippen LogP contribution in [0.2, 0.25) is 0 Å². The first-order valence-electron chi connectivity index (χ1n) is 6.71. The van der Waals surface area contributed by atoms with Crippen LogP contribution in [0.1, 0.15) is 27.6 Å². The lowest BCUT2D eigenvalue weighted by Crippen LogP contribution is -2.30. The van der Waals surface area contributed by atoms with Gasteiger partial charge >= 0.3 is 5.97 Å². The van der Waals surface area contributed by atoms with Gasteiger partial charge in [0.25, 0.3) is 5.91 Å². The Morgan fingerprint density at radius 2 is 1.90 bits per heavy atom. The van der Waals surface area contributed by atoms with Crippen LogP contribution >= 0.6 is 0 Å². The molecule has 0 aromatic heterocycles. The number of hydrogen-bond donors (Lipinski definition) is 1. The van der Waals surface area contributed by atoms with Gasteiger partial charge in [-0.05, 0) is 24.1 Å². The second-order valence-electron chi connectivity index (χ2n) is 5.26. The summed E-state index contributed by atoms with van der Waals surface area (Å²) in [5.74, 6) is -1.36. The Bertz CT molecular complexity index is 585. The molecule has 1 aliphatic rings. The predicted octanol–water partition coefficient (Wildman–Crippen LogP) is 0.667. The van der Waals surface area contributed by atoms with Crippen LogP contribution in [0, 0.1) is 11.8 Å². The van der Waals surface area contributed by atoms with Gasteiger partial charge in [0.05, 0.1) is 13.0 Å². The van der Waals surface area contributed by atoms with E-state index in [0.29, 0.717) is 18.7 Å². The summed E-state index contributed by atoms with van der Waals surface area (Å²) in [5, 5.41) is 0. The van der Waals surface area contributed by atoms with E-state index < -0.39 is 5.91 Å². The molecule has 0 radical (unpaired) electrons. The lowest BCUT2D eigenvalue weighted by Gasteiger charge is -2.16. The van der Waals surface area contributed by atoms with Crippen molar-refractivity contribution >= 4 is 17.8 Å². The Labute approximate surface area is 122 Å². The number of carbonyl (C=O) groups excluding carboxylic acids is 3. The third-order valence-corrected chi connectivity index (χ3v) is 3.80. The van der Waals surface area contributed by atoms with Crippen molar-refractivity contribution in [1.29, 1.82) is 0 Å².